The zero-order valence-corrected chi connectivity index (χ0v) is 18.0. The third-order valence-electron chi connectivity index (χ3n) is 5.81. The smallest absolute Gasteiger partial charge is 0.317 e. The molecule has 1 atom stereocenters. The van der Waals surface area contributed by atoms with Crippen molar-refractivity contribution in [2.24, 2.45) is 0 Å². The van der Waals surface area contributed by atoms with Crippen molar-refractivity contribution >= 4 is 17.9 Å². The number of benzene rings is 2. The molecule has 2 aliphatic heterocycles. The maximum Gasteiger partial charge on any atom is 0.317 e. The van der Waals surface area contributed by atoms with E-state index < -0.39 is 11.8 Å². The second-order valence-electron chi connectivity index (χ2n) is 7.96. The molecule has 4 rings (SSSR count). The number of fused-ring (bicyclic) bond motifs is 1. The monoisotopic (exact) mass is 437 g/mol. The number of ether oxygens (including phenoxy) is 2. The maximum atomic E-state index is 13.0. The molecule has 1 spiro atoms. The molecule has 0 radical (unpaired) electrons. The van der Waals surface area contributed by atoms with Crippen LogP contribution in [0.25, 0.3) is 0 Å². The van der Waals surface area contributed by atoms with Crippen molar-refractivity contribution in [3.05, 3.63) is 65.7 Å². The first kappa shape index (κ1) is 21.7. The number of esters is 1. The molecule has 32 heavy (non-hydrogen) atoms. The summed E-state index contributed by atoms with van der Waals surface area (Å²) < 4.78 is 11.2. The first-order valence-corrected chi connectivity index (χ1v) is 10.9. The van der Waals surface area contributed by atoms with Gasteiger partial charge in [-0.05, 0) is 24.6 Å². The van der Waals surface area contributed by atoms with Gasteiger partial charge in [0.1, 0.15) is 5.75 Å². The summed E-state index contributed by atoms with van der Waals surface area (Å²) in [4.78, 5) is 39.3. The Morgan fingerprint density at radius 1 is 1.12 bits per heavy atom. The SMILES string of the molecule is CCOC(=O)C[C@H](NC(=O)N1CCC2(CC1)NC(=O)c1ccccc1O2)c1ccccc1. The number of nitrogens with one attached hydrogen (secondary N) is 2. The van der Waals surface area contributed by atoms with Gasteiger partial charge in [0.25, 0.3) is 5.91 Å². The fraction of sp³-hybridized carbons (Fsp3) is 0.375. The van der Waals surface area contributed by atoms with Crippen LogP contribution in [0.3, 0.4) is 0 Å². The van der Waals surface area contributed by atoms with Crippen molar-refractivity contribution in [3.63, 3.8) is 0 Å². The molecule has 2 aromatic rings. The average Bonchev–Trinajstić information content (AvgIpc) is 2.80. The van der Waals surface area contributed by atoms with Crippen LogP contribution in [0.5, 0.6) is 5.75 Å². The number of piperidine rings is 1. The number of carbonyl (C=O) groups excluding carboxylic acids is 3. The van der Waals surface area contributed by atoms with Crippen LogP contribution < -0.4 is 15.4 Å². The number of para-hydroxylation sites is 1. The van der Waals surface area contributed by atoms with E-state index in [0.29, 0.717) is 37.2 Å². The first-order chi connectivity index (χ1) is 15.5. The minimum atomic E-state index is -0.814. The molecule has 0 saturated carbocycles. The van der Waals surface area contributed by atoms with Crippen molar-refractivity contribution < 1.29 is 23.9 Å². The first-order valence-electron chi connectivity index (χ1n) is 10.9. The summed E-state index contributed by atoms with van der Waals surface area (Å²) in [5, 5.41) is 5.94. The summed E-state index contributed by atoms with van der Waals surface area (Å²) in [5.74, 6) is 0.0345. The van der Waals surface area contributed by atoms with Crippen molar-refractivity contribution in [1.82, 2.24) is 15.5 Å². The fourth-order valence-electron chi connectivity index (χ4n) is 4.12. The number of urea groups is 1. The van der Waals surface area contributed by atoms with Crippen LogP contribution in [0.2, 0.25) is 0 Å². The quantitative estimate of drug-likeness (QED) is 0.701. The molecule has 168 valence electrons. The molecule has 0 aromatic heterocycles. The van der Waals surface area contributed by atoms with Crippen molar-refractivity contribution in [3.8, 4) is 5.75 Å². The van der Waals surface area contributed by atoms with Gasteiger partial charge in [-0.15, -0.1) is 0 Å². The van der Waals surface area contributed by atoms with Gasteiger partial charge in [0, 0.05) is 25.9 Å². The zero-order valence-electron chi connectivity index (χ0n) is 18.0. The Morgan fingerprint density at radius 3 is 2.53 bits per heavy atom. The maximum absolute atomic E-state index is 13.0. The summed E-state index contributed by atoms with van der Waals surface area (Å²) in [5.41, 5.74) is 0.538. The van der Waals surface area contributed by atoms with E-state index in [1.807, 2.05) is 36.4 Å². The van der Waals surface area contributed by atoms with Crippen molar-refractivity contribution in [2.45, 2.75) is 38.0 Å². The minimum absolute atomic E-state index is 0.0529. The lowest BCUT2D eigenvalue weighted by Gasteiger charge is -2.44. The molecule has 1 saturated heterocycles. The van der Waals surface area contributed by atoms with Crippen LogP contribution in [-0.2, 0) is 9.53 Å². The number of nitrogens with zero attached hydrogens (tertiary/aromatic N) is 1. The molecule has 0 unspecified atom stereocenters. The predicted octanol–water partition coefficient (Wildman–Crippen LogP) is 3.01. The van der Waals surface area contributed by atoms with Crippen molar-refractivity contribution in [2.75, 3.05) is 19.7 Å². The van der Waals surface area contributed by atoms with Crippen LogP contribution in [0.1, 0.15) is 48.1 Å². The highest BCUT2D eigenvalue weighted by Crippen LogP contribution is 2.33. The number of carbonyl (C=O) groups is 3. The lowest BCUT2D eigenvalue weighted by Crippen LogP contribution is -2.62. The molecule has 0 aliphatic carbocycles. The molecule has 2 aromatic carbocycles. The van der Waals surface area contributed by atoms with Gasteiger partial charge in [0.05, 0.1) is 24.6 Å². The van der Waals surface area contributed by atoms with E-state index in [4.69, 9.17) is 9.47 Å². The third-order valence-corrected chi connectivity index (χ3v) is 5.81. The Kier molecular flexibility index (Phi) is 6.30. The van der Waals surface area contributed by atoms with Gasteiger partial charge in [-0.2, -0.15) is 0 Å². The van der Waals surface area contributed by atoms with Gasteiger partial charge >= 0.3 is 12.0 Å². The van der Waals surface area contributed by atoms with Gasteiger partial charge in [0.15, 0.2) is 5.72 Å². The van der Waals surface area contributed by atoms with Crippen LogP contribution >= 0.6 is 0 Å². The lowest BCUT2D eigenvalue weighted by atomic mass is 9.97. The number of likely N-dealkylation sites (tertiary alicyclic amines) is 1. The van der Waals surface area contributed by atoms with E-state index in [0.717, 1.165) is 5.56 Å². The van der Waals surface area contributed by atoms with E-state index in [-0.39, 0.29) is 30.9 Å². The van der Waals surface area contributed by atoms with E-state index in [1.54, 1.807) is 30.0 Å². The van der Waals surface area contributed by atoms with Crippen LogP contribution in [0.15, 0.2) is 54.6 Å². The molecular weight excluding hydrogens is 410 g/mol. The Bertz CT molecular complexity index is 986. The second kappa shape index (κ2) is 9.30. The van der Waals surface area contributed by atoms with Gasteiger partial charge in [-0.3, -0.25) is 9.59 Å². The summed E-state index contributed by atoms with van der Waals surface area (Å²) in [6.45, 7) is 2.86. The van der Waals surface area contributed by atoms with Gasteiger partial charge in [-0.1, -0.05) is 42.5 Å². The molecule has 0 bridgehead atoms. The van der Waals surface area contributed by atoms with E-state index in [2.05, 4.69) is 10.6 Å². The molecule has 1 fully saturated rings. The number of amides is 3. The average molecular weight is 437 g/mol. The van der Waals surface area contributed by atoms with Crippen molar-refractivity contribution in [1.29, 1.82) is 0 Å². The highest BCUT2D eigenvalue weighted by atomic mass is 16.5. The van der Waals surface area contributed by atoms with E-state index in [1.165, 1.54) is 0 Å². The molecular formula is C24H27N3O5. The van der Waals surface area contributed by atoms with Gasteiger partial charge in [-0.25, -0.2) is 4.79 Å². The van der Waals surface area contributed by atoms with E-state index in [9.17, 15) is 14.4 Å². The highest BCUT2D eigenvalue weighted by molar-refractivity contribution is 5.98. The van der Waals surface area contributed by atoms with Gasteiger partial charge in [0.2, 0.25) is 0 Å². The molecule has 2 aliphatic rings. The summed E-state index contributed by atoms with van der Waals surface area (Å²) in [6, 6.07) is 15.8. The Morgan fingerprint density at radius 2 is 1.81 bits per heavy atom. The zero-order chi connectivity index (χ0) is 22.6. The normalized spacial score (nSPS) is 17.5. The summed E-state index contributed by atoms with van der Waals surface area (Å²) in [6.07, 6.45) is 0.986. The summed E-state index contributed by atoms with van der Waals surface area (Å²) >= 11 is 0. The fourth-order valence-corrected chi connectivity index (χ4v) is 4.12. The molecule has 8 nitrogen and oxygen atoms in total. The third kappa shape index (κ3) is 4.69. The topological polar surface area (TPSA) is 97.0 Å². The Hall–Kier alpha value is -3.55. The number of hydrogen-bond donors (Lipinski definition) is 2. The predicted molar refractivity (Wildman–Crippen MR) is 117 cm³/mol. The van der Waals surface area contributed by atoms with E-state index >= 15 is 0 Å². The Balaban J connectivity index is 1.40. The van der Waals surface area contributed by atoms with Crippen LogP contribution in [0, 0.1) is 0 Å². The highest BCUT2D eigenvalue weighted by Gasteiger charge is 2.43. The Labute approximate surface area is 186 Å². The summed E-state index contributed by atoms with van der Waals surface area (Å²) in [7, 11) is 0. The molecule has 2 N–H and O–H groups in total. The molecule has 3 amide bonds. The molecule has 8 heteroatoms. The minimum Gasteiger partial charge on any atom is -0.467 e. The number of hydrogen-bond acceptors (Lipinski definition) is 5. The van der Waals surface area contributed by atoms with Gasteiger partial charge < -0.3 is 25.0 Å². The molecule has 2 heterocycles. The lowest BCUT2D eigenvalue weighted by molar-refractivity contribution is -0.143. The van der Waals surface area contributed by atoms with Crippen LogP contribution in [0.4, 0.5) is 4.79 Å². The number of rotatable bonds is 5. The second-order valence-corrected chi connectivity index (χ2v) is 7.96. The largest absolute Gasteiger partial charge is 0.467 e. The standard InChI is InChI=1S/C24H27N3O5/c1-2-31-21(28)16-19(17-8-4-3-5-9-17)25-23(30)27-14-12-24(13-15-27)26-22(29)18-10-6-7-11-20(18)32-24/h3-11,19H,2,12-16H2,1H3,(H,25,30)(H,26,29)/t19-/m0/s1. The van der Waals surface area contributed by atoms with Crippen LogP contribution in [-0.4, -0.2) is 48.2 Å².